The van der Waals surface area contributed by atoms with Crippen LogP contribution in [0.1, 0.15) is 6.92 Å². The van der Waals surface area contributed by atoms with Gasteiger partial charge in [-0.15, -0.1) is 0 Å². The van der Waals surface area contributed by atoms with E-state index >= 15 is 0 Å². The van der Waals surface area contributed by atoms with Gasteiger partial charge in [0.1, 0.15) is 4.32 Å². The largest absolute Gasteiger partial charge is 0.335 e. The molecule has 1 fully saturated rings. The third kappa shape index (κ3) is 3.45. The van der Waals surface area contributed by atoms with E-state index in [0.717, 1.165) is 11.6 Å². The van der Waals surface area contributed by atoms with Gasteiger partial charge in [0.25, 0.3) is 5.91 Å². The summed E-state index contributed by atoms with van der Waals surface area (Å²) in [6, 6.07) is 17.0. The molecule has 0 atom stereocenters. The molecule has 2 aliphatic heterocycles. The molecule has 0 aromatic heterocycles. The predicted octanol–water partition coefficient (Wildman–Crippen LogP) is 5.50. The zero-order valence-corrected chi connectivity index (χ0v) is 17.5. The Morgan fingerprint density at radius 3 is 2.48 bits per heavy atom. The van der Waals surface area contributed by atoms with Crippen LogP contribution in [0.15, 0.2) is 75.5 Å². The molecular weight excluding hydrogens is 392 g/mol. The van der Waals surface area contributed by atoms with E-state index in [2.05, 4.69) is 54.3 Å². The highest BCUT2D eigenvalue weighted by atomic mass is 32.2. The smallest absolute Gasteiger partial charge is 0.265 e. The molecule has 1 saturated heterocycles. The monoisotopic (exact) mass is 410 g/mol. The zero-order chi connectivity index (χ0) is 19.0. The molecule has 2 aromatic carbocycles. The van der Waals surface area contributed by atoms with Crippen molar-refractivity contribution in [2.24, 2.45) is 0 Å². The summed E-state index contributed by atoms with van der Waals surface area (Å²) in [6.07, 6.45) is 3.91. The third-order valence-electron chi connectivity index (χ3n) is 4.52. The van der Waals surface area contributed by atoms with Crippen LogP contribution in [0.4, 0.5) is 5.69 Å². The molecule has 136 valence electrons. The van der Waals surface area contributed by atoms with Crippen LogP contribution >= 0.6 is 35.7 Å². The summed E-state index contributed by atoms with van der Waals surface area (Å²) in [4.78, 5) is 17.9. The summed E-state index contributed by atoms with van der Waals surface area (Å²) < 4.78 is 0.604. The molecule has 27 heavy (non-hydrogen) atoms. The summed E-state index contributed by atoms with van der Waals surface area (Å²) in [5.41, 5.74) is 3.64. The Labute approximate surface area is 173 Å². The Bertz CT molecular complexity index is 982. The van der Waals surface area contributed by atoms with Gasteiger partial charge < -0.3 is 4.90 Å². The summed E-state index contributed by atoms with van der Waals surface area (Å²) >= 11 is 8.29. The van der Waals surface area contributed by atoms with Crippen molar-refractivity contribution in [2.75, 3.05) is 18.5 Å². The average molecular weight is 411 g/mol. The number of carbonyl (C=O) groups is 1. The number of thioether (sulfide) groups is 2. The maximum Gasteiger partial charge on any atom is 0.265 e. The van der Waals surface area contributed by atoms with Crippen molar-refractivity contribution in [2.45, 2.75) is 11.8 Å². The van der Waals surface area contributed by atoms with Gasteiger partial charge in [0.05, 0.1) is 15.6 Å². The van der Waals surface area contributed by atoms with Gasteiger partial charge in [0, 0.05) is 18.5 Å². The van der Waals surface area contributed by atoms with Gasteiger partial charge >= 0.3 is 0 Å². The second-order valence-electron chi connectivity index (χ2n) is 6.16. The molecule has 0 saturated carbocycles. The maximum absolute atomic E-state index is 12.2. The number of likely N-dealkylation sites (N-methyl/N-ethyl adjacent to an activating group) is 1. The van der Waals surface area contributed by atoms with Crippen LogP contribution in [-0.4, -0.2) is 28.7 Å². The van der Waals surface area contributed by atoms with Crippen molar-refractivity contribution in [1.82, 2.24) is 4.90 Å². The second kappa shape index (κ2) is 7.54. The number of hydrogen-bond donors (Lipinski definition) is 0. The van der Waals surface area contributed by atoms with E-state index in [0.29, 0.717) is 9.23 Å². The minimum absolute atomic E-state index is 0.0308. The topological polar surface area (TPSA) is 23.6 Å². The minimum atomic E-state index is -0.0308. The number of anilines is 1. The molecule has 0 unspecified atom stereocenters. The molecule has 3 nitrogen and oxygen atoms in total. The Morgan fingerprint density at radius 1 is 1.04 bits per heavy atom. The van der Waals surface area contributed by atoms with Gasteiger partial charge in [0.15, 0.2) is 0 Å². The Kier molecular flexibility index (Phi) is 5.12. The third-order valence-corrected chi connectivity index (χ3v) is 7.15. The fraction of sp³-hybridized carbons (Fsp3) is 0.143. The maximum atomic E-state index is 12.2. The fourth-order valence-electron chi connectivity index (χ4n) is 3.07. The molecule has 2 aromatic rings. The number of thiocarbonyl (C=S) groups is 1. The van der Waals surface area contributed by atoms with Crippen LogP contribution in [0.5, 0.6) is 0 Å². The molecular formula is C21H18N2OS3. The first kappa shape index (κ1) is 18.3. The molecule has 0 N–H and O–H groups in total. The van der Waals surface area contributed by atoms with Crippen molar-refractivity contribution in [3.05, 3.63) is 70.6 Å². The van der Waals surface area contributed by atoms with E-state index < -0.39 is 0 Å². The number of carbonyl (C=O) groups excluding carboxylic acids is 1. The summed E-state index contributed by atoms with van der Waals surface area (Å²) in [6.45, 7) is 3.01. The summed E-state index contributed by atoms with van der Waals surface area (Å²) in [5, 5.41) is 1.12. The predicted molar refractivity (Wildman–Crippen MR) is 120 cm³/mol. The van der Waals surface area contributed by atoms with Crippen LogP contribution in [0.2, 0.25) is 0 Å². The van der Waals surface area contributed by atoms with E-state index in [1.165, 1.54) is 38.4 Å². The van der Waals surface area contributed by atoms with E-state index in [1.807, 2.05) is 18.2 Å². The van der Waals surface area contributed by atoms with Crippen LogP contribution in [0.25, 0.3) is 11.1 Å². The number of nitrogens with zero attached hydrogens (tertiary/aromatic N) is 2. The number of rotatable bonds is 3. The number of hydrogen-bond acceptors (Lipinski definition) is 5. The standard InChI is InChI=1S/C21H18N2OS3/c1-3-23-16-13-15(14-7-5-4-6-8-14)9-10-17(16)26-19(23)12-11-18-20(24)22(2)21(25)27-18/h4-13H,3H2,1-2H3. The van der Waals surface area contributed by atoms with E-state index in [-0.39, 0.29) is 5.91 Å². The van der Waals surface area contributed by atoms with E-state index in [1.54, 1.807) is 18.8 Å². The molecule has 1 amide bonds. The lowest BCUT2D eigenvalue weighted by molar-refractivity contribution is -0.121. The normalized spacial score (nSPS) is 19.5. The minimum Gasteiger partial charge on any atom is -0.335 e. The van der Waals surface area contributed by atoms with Crippen molar-refractivity contribution in [3.8, 4) is 11.1 Å². The van der Waals surface area contributed by atoms with Crippen molar-refractivity contribution >= 4 is 51.7 Å². The average Bonchev–Trinajstić information content (AvgIpc) is 3.18. The van der Waals surface area contributed by atoms with Gasteiger partial charge in [-0.3, -0.25) is 9.69 Å². The van der Waals surface area contributed by atoms with Gasteiger partial charge in [0.2, 0.25) is 0 Å². The Morgan fingerprint density at radius 2 is 1.81 bits per heavy atom. The first-order valence-corrected chi connectivity index (χ1v) is 10.7. The molecule has 0 bridgehead atoms. The summed E-state index contributed by atoms with van der Waals surface area (Å²) in [5.74, 6) is -0.0308. The van der Waals surface area contributed by atoms with Gasteiger partial charge in [-0.25, -0.2) is 0 Å². The van der Waals surface area contributed by atoms with E-state index in [9.17, 15) is 4.79 Å². The number of amides is 1. The number of allylic oxidation sites excluding steroid dienone is 2. The van der Waals surface area contributed by atoms with Gasteiger partial charge in [-0.05, 0) is 42.3 Å². The van der Waals surface area contributed by atoms with Gasteiger partial charge in [-0.2, -0.15) is 0 Å². The molecule has 0 spiro atoms. The van der Waals surface area contributed by atoms with Crippen LogP contribution in [-0.2, 0) is 4.79 Å². The molecule has 2 aliphatic rings. The molecule has 0 radical (unpaired) electrons. The number of benzene rings is 2. The molecule has 6 heteroatoms. The zero-order valence-electron chi connectivity index (χ0n) is 15.0. The SMILES string of the molecule is CCN1C(=CC=C2SC(=S)N(C)C2=O)Sc2ccc(-c3ccccc3)cc21. The Hall–Kier alpha value is -2.02. The highest BCUT2D eigenvalue weighted by Gasteiger charge is 2.29. The fourth-order valence-corrected chi connectivity index (χ4v) is 5.30. The highest BCUT2D eigenvalue weighted by molar-refractivity contribution is 8.26. The lowest BCUT2D eigenvalue weighted by Gasteiger charge is -2.18. The van der Waals surface area contributed by atoms with Crippen molar-refractivity contribution < 1.29 is 4.79 Å². The van der Waals surface area contributed by atoms with Crippen LogP contribution < -0.4 is 4.90 Å². The lowest BCUT2D eigenvalue weighted by Crippen LogP contribution is -2.22. The molecule has 4 rings (SSSR count). The van der Waals surface area contributed by atoms with Crippen LogP contribution in [0, 0.1) is 0 Å². The molecule has 2 heterocycles. The van der Waals surface area contributed by atoms with Crippen LogP contribution in [0.3, 0.4) is 0 Å². The highest BCUT2D eigenvalue weighted by Crippen LogP contribution is 2.47. The van der Waals surface area contributed by atoms with Crippen molar-refractivity contribution in [1.29, 1.82) is 0 Å². The first-order valence-electron chi connectivity index (χ1n) is 8.65. The number of fused-ring (bicyclic) bond motifs is 1. The van der Waals surface area contributed by atoms with Crippen molar-refractivity contribution in [3.63, 3.8) is 0 Å². The quantitative estimate of drug-likeness (QED) is 0.491. The summed E-state index contributed by atoms with van der Waals surface area (Å²) in [7, 11) is 1.72. The first-order chi connectivity index (χ1) is 13.1. The molecule has 0 aliphatic carbocycles. The Balaban J connectivity index is 1.65. The second-order valence-corrected chi connectivity index (χ2v) is 8.90. The van der Waals surface area contributed by atoms with E-state index in [4.69, 9.17) is 12.2 Å². The van der Waals surface area contributed by atoms with Gasteiger partial charge in [-0.1, -0.05) is 72.1 Å². The lowest BCUT2D eigenvalue weighted by atomic mass is 10.0.